The van der Waals surface area contributed by atoms with E-state index in [9.17, 15) is 19.3 Å². The highest BCUT2D eigenvalue weighted by molar-refractivity contribution is 9.10. The molecule has 0 radical (unpaired) electrons. The number of nitro benzene ring substituents is 1. The van der Waals surface area contributed by atoms with Crippen molar-refractivity contribution >= 4 is 39.6 Å². The van der Waals surface area contributed by atoms with Gasteiger partial charge in [0.1, 0.15) is 5.82 Å². The van der Waals surface area contributed by atoms with Crippen molar-refractivity contribution in [2.75, 3.05) is 0 Å². The fraction of sp³-hybridized carbons (Fsp3) is 0. The molecule has 0 amide bonds. The van der Waals surface area contributed by atoms with Crippen LogP contribution in [0.4, 0.5) is 10.1 Å². The summed E-state index contributed by atoms with van der Waals surface area (Å²) in [6.07, 6.45) is 1.34. The van der Waals surface area contributed by atoms with Crippen LogP contribution in [-0.2, 0) is 9.53 Å². The van der Waals surface area contributed by atoms with Crippen molar-refractivity contribution < 1.29 is 18.8 Å². The summed E-state index contributed by atoms with van der Waals surface area (Å²) >= 11 is 3.08. The highest BCUT2D eigenvalue weighted by Gasteiger charge is 2.26. The minimum atomic E-state index is -0.751. The third-order valence-corrected chi connectivity index (χ3v) is 3.87. The highest BCUT2D eigenvalue weighted by atomic mass is 79.9. The van der Waals surface area contributed by atoms with E-state index in [1.54, 1.807) is 12.1 Å². The van der Waals surface area contributed by atoms with Crippen LogP contribution in [0, 0.1) is 15.9 Å². The SMILES string of the molecule is O=C1OC(c2ccccc2F)=N/C1=C\c1ccc(Br)c([N+](=O)[O-])c1. The van der Waals surface area contributed by atoms with E-state index in [4.69, 9.17) is 4.74 Å². The molecular formula is C16H8BrFN2O4. The lowest BCUT2D eigenvalue weighted by atomic mass is 10.1. The lowest BCUT2D eigenvalue weighted by Gasteiger charge is -1.99. The van der Waals surface area contributed by atoms with E-state index < -0.39 is 16.7 Å². The van der Waals surface area contributed by atoms with Gasteiger partial charge in [0.2, 0.25) is 5.90 Å². The van der Waals surface area contributed by atoms with Gasteiger partial charge in [0.25, 0.3) is 5.69 Å². The molecule has 0 spiro atoms. The van der Waals surface area contributed by atoms with Crippen molar-refractivity contribution in [1.29, 1.82) is 0 Å². The first-order valence-corrected chi connectivity index (χ1v) is 7.46. The summed E-state index contributed by atoms with van der Waals surface area (Å²) in [5.74, 6) is -1.46. The maximum Gasteiger partial charge on any atom is 0.363 e. The molecule has 0 atom stereocenters. The van der Waals surface area contributed by atoms with Gasteiger partial charge in [-0.05, 0) is 45.8 Å². The zero-order chi connectivity index (χ0) is 17.3. The molecule has 0 aromatic heterocycles. The van der Waals surface area contributed by atoms with Crippen LogP contribution in [0.15, 0.2) is 57.6 Å². The predicted octanol–water partition coefficient (Wildman–Crippen LogP) is 3.84. The van der Waals surface area contributed by atoms with Crippen molar-refractivity contribution in [3.63, 3.8) is 0 Å². The van der Waals surface area contributed by atoms with Crippen molar-refractivity contribution in [1.82, 2.24) is 0 Å². The van der Waals surface area contributed by atoms with Crippen LogP contribution in [0.1, 0.15) is 11.1 Å². The van der Waals surface area contributed by atoms with E-state index in [0.29, 0.717) is 10.0 Å². The van der Waals surface area contributed by atoms with E-state index in [1.165, 1.54) is 36.4 Å². The first-order chi connectivity index (χ1) is 11.5. The van der Waals surface area contributed by atoms with Gasteiger partial charge in [-0.15, -0.1) is 0 Å². The average Bonchev–Trinajstić information content (AvgIpc) is 2.90. The summed E-state index contributed by atoms with van der Waals surface area (Å²) in [4.78, 5) is 26.3. The fourth-order valence-corrected chi connectivity index (χ4v) is 2.47. The molecule has 0 N–H and O–H groups in total. The molecule has 1 aliphatic heterocycles. The number of halogens is 2. The van der Waals surface area contributed by atoms with Gasteiger partial charge in [-0.2, -0.15) is 0 Å². The largest absolute Gasteiger partial charge is 0.402 e. The van der Waals surface area contributed by atoms with E-state index in [0.717, 1.165) is 0 Å². The highest BCUT2D eigenvalue weighted by Crippen LogP contribution is 2.27. The van der Waals surface area contributed by atoms with Crippen LogP contribution in [0.5, 0.6) is 0 Å². The van der Waals surface area contributed by atoms with E-state index in [1.807, 2.05) is 0 Å². The Morgan fingerprint density at radius 1 is 1.25 bits per heavy atom. The van der Waals surface area contributed by atoms with E-state index in [2.05, 4.69) is 20.9 Å². The number of ether oxygens (including phenoxy) is 1. The molecule has 0 bridgehead atoms. The summed E-state index contributed by atoms with van der Waals surface area (Å²) in [7, 11) is 0. The van der Waals surface area contributed by atoms with Crippen LogP contribution >= 0.6 is 15.9 Å². The van der Waals surface area contributed by atoms with Crippen LogP contribution in [0.25, 0.3) is 6.08 Å². The van der Waals surface area contributed by atoms with E-state index >= 15 is 0 Å². The Morgan fingerprint density at radius 3 is 2.71 bits per heavy atom. The zero-order valence-corrected chi connectivity index (χ0v) is 13.5. The number of carbonyl (C=O) groups is 1. The zero-order valence-electron chi connectivity index (χ0n) is 11.9. The molecule has 24 heavy (non-hydrogen) atoms. The third kappa shape index (κ3) is 3.09. The second-order valence-electron chi connectivity index (χ2n) is 4.78. The van der Waals surface area contributed by atoms with Gasteiger partial charge in [0, 0.05) is 6.07 Å². The maximum absolute atomic E-state index is 13.7. The molecular weight excluding hydrogens is 383 g/mol. The summed E-state index contributed by atoms with van der Waals surface area (Å²) in [5.41, 5.74) is 0.255. The molecule has 8 heteroatoms. The van der Waals surface area contributed by atoms with Gasteiger partial charge < -0.3 is 4.74 Å². The predicted molar refractivity (Wildman–Crippen MR) is 87.8 cm³/mol. The first-order valence-electron chi connectivity index (χ1n) is 6.67. The maximum atomic E-state index is 13.7. The summed E-state index contributed by atoms with van der Waals surface area (Å²) in [5, 5.41) is 10.9. The molecule has 0 saturated carbocycles. The molecule has 6 nitrogen and oxygen atoms in total. The molecule has 0 aliphatic carbocycles. The van der Waals surface area contributed by atoms with Gasteiger partial charge in [0.05, 0.1) is 15.0 Å². The molecule has 1 aliphatic rings. The second kappa shape index (κ2) is 6.32. The summed E-state index contributed by atoms with van der Waals surface area (Å²) < 4.78 is 19.0. The Hall–Kier alpha value is -2.87. The molecule has 0 unspecified atom stereocenters. The number of rotatable bonds is 3. The molecule has 1 heterocycles. The topological polar surface area (TPSA) is 81.8 Å². The number of nitro groups is 1. The molecule has 3 rings (SSSR count). The molecule has 120 valence electrons. The molecule has 0 saturated heterocycles. The fourth-order valence-electron chi connectivity index (χ4n) is 2.08. The lowest BCUT2D eigenvalue weighted by Crippen LogP contribution is -2.07. The number of esters is 1. The van der Waals surface area contributed by atoms with Gasteiger partial charge in [-0.1, -0.05) is 18.2 Å². The van der Waals surface area contributed by atoms with Crippen LogP contribution in [-0.4, -0.2) is 16.8 Å². The normalized spacial score (nSPS) is 15.3. The van der Waals surface area contributed by atoms with Gasteiger partial charge >= 0.3 is 5.97 Å². The Bertz CT molecular complexity index is 924. The summed E-state index contributed by atoms with van der Waals surface area (Å²) in [6.45, 7) is 0. The van der Waals surface area contributed by atoms with Gasteiger partial charge in [0.15, 0.2) is 5.70 Å². The molecule has 2 aromatic carbocycles. The minimum Gasteiger partial charge on any atom is -0.402 e. The van der Waals surface area contributed by atoms with Gasteiger partial charge in [-0.3, -0.25) is 10.1 Å². The molecule has 2 aromatic rings. The van der Waals surface area contributed by atoms with Gasteiger partial charge in [-0.25, -0.2) is 14.2 Å². The van der Waals surface area contributed by atoms with Crippen molar-refractivity contribution in [3.8, 4) is 0 Å². The van der Waals surface area contributed by atoms with Crippen LogP contribution in [0.2, 0.25) is 0 Å². The lowest BCUT2D eigenvalue weighted by molar-refractivity contribution is -0.385. The van der Waals surface area contributed by atoms with Crippen molar-refractivity contribution in [2.24, 2.45) is 4.99 Å². The molecule has 0 fully saturated rings. The number of aliphatic imine (C=N–C) groups is 1. The van der Waals surface area contributed by atoms with Crippen molar-refractivity contribution in [2.45, 2.75) is 0 Å². The Kier molecular flexibility index (Phi) is 4.22. The average molecular weight is 391 g/mol. The Labute approximate surface area is 143 Å². The number of hydrogen-bond acceptors (Lipinski definition) is 5. The Morgan fingerprint density at radius 2 is 2.00 bits per heavy atom. The van der Waals surface area contributed by atoms with E-state index in [-0.39, 0.29) is 22.8 Å². The second-order valence-corrected chi connectivity index (χ2v) is 5.64. The smallest absolute Gasteiger partial charge is 0.363 e. The standard InChI is InChI=1S/C16H8BrFN2O4/c17-11-6-5-9(8-14(11)20(22)23)7-13-16(21)24-15(19-13)10-3-1-2-4-12(10)18/h1-8H/b13-7-. The number of carbonyl (C=O) groups excluding carboxylic acids is 1. The first kappa shape index (κ1) is 16.0. The third-order valence-electron chi connectivity index (χ3n) is 3.20. The number of cyclic esters (lactones) is 1. The Balaban J connectivity index is 1.99. The minimum absolute atomic E-state index is 0.0649. The number of nitrogens with zero attached hydrogens (tertiary/aromatic N) is 2. The van der Waals surface area contributed by atoms with Crippen molar-refractivity contribution in [3.05, 3.63) is 79.7 Å². The van der Waals surface area contributed by atoms with Crippen LogP contribution in [0.3, 0.4) is 0 Å². The quantitative estimate of drug-likeness (QED) is 0.345. The number of benzene rings is 2. The summed E-state index contributed by atoms with van der Waals surface area (Å²) in [6, 6.07) is 10.1. The monoisotopic (exact) mass is 390 g/mol. The van der Waals surface area contributed by atoms with Crippen LogP contribution < -0.4 is 0 Å². The number of hydrogen-bond donors (Lipinski definition) is 0.